The molecule has 74 valence electrons. The average Bonchev–Trinajstić information content (AvgIpc) is 2.25. The van der Waals surface area contributed by atoms with Gasteiger partial charge in [0.05, 0.1) is 0 Å². The van der Waals surface area contributed by atoms with Crippen molar-refractivity contribution < 1.29 is 9.53 Å². The smallest absolute Gasteiger partial charge is 0.407 e. The molecule has 0 aliphatic heterocycles. The molecule has 1 aromatic rings. The number of hydrogen-bond acceptors (Lipinski definition) is 2. The Labute approximate surface area is 83.4 Å². The van der Waals surface area contributed by atoms with Gasteiger partial charge in [0.1, 0.15) is 6.61 Å². The van der Waals surface area contributed by atoms with Gasteiger partial charge in [-0.25, -0.2) is 4.79 Å². The lowest BCUT2D eigenvalue weighted by Crippen LogP contribution is -2.18. The van der Waals surface area contributed by atoms with Crippen LogP contribution >= 0.6 is 0 Å². The fourth-order valence-corrected chi connectivity index (χ4v) is 0.944. The molecule has 0 fully saturated rings. The van der Waals surface area contributed by atoms with E-state index in [1.807, 2.05) is 36.4 Å². The molecule has 0 heterocycles. The summed E-state index contributed by atoms with van der Waals surface area (Å²) >= 11 is 0. The number of benzene rings is 1. The van der Waals surface area contributed by atoms with Crippen molar-refractivity contribution in [1.29, 1.82) is 0 Å². The van der Waals surface area contributed by atoms with Crippen LogP contribution in [0.5, 0.6) is 0 Å². The molecule has 0 saturated carbocycles. The van der Waals surface area contributed by atoms with Crippen LogP contribution in [0.2, 0.25) is 0 Å². The molecular formula is C11H13NO2. The van der Waals surface area contributed by atoms with Crippen molar-refractivity contribution in [1.82, 2.24) is 5.32 Å². The molecule has 0 bridgehead atoms. The van der Waals surface area contributed by atoms with Crippen LogP contribution in [0.3, 0.4) is 0 Å². The predicted octanol–water partition coefficient (Wildman–Crippen LogP) is 2.06. The van der Waals surface area contributed by atoms with E-state index in [2.05, 4.69) is 5.32 Å². The fourth-order valence-electron chi connectivity index (χ4n) is 0.944. The Bertz CT molecular complexity index is 306. The first-order chi connectivity index (χ1) is 6.83. The summed E-state index contributed by atoms with van der Waals surface area (Å²) < 4.78 is 4.78. The zero-order valence-corrected chi connectivity index (χ0v) is 8.07. The molecule has 1 amide bonds. The molecule has 0 aromatic heterocycles. The maximum atomic E-state index is 10.7. The Hall–Kier alpha value is -1.77. The van der Waals surface area contributed by atoms with E-state index in [0.717, 1.165) is 5.56 Å². The van der Waals surface area contributed by atoms with Crippen molar-refractivity contribution in [3.63, 3.8) is 0 Å². The highest BCUT2D eigenvalue weighted by Crippen LogP contribution is 2.00. The summed E-state index contributed by atoms with van der Waals surface area (Å²) in [7, 11) is 1.53. The zero-order valence-electron chi connectivity index (χ0n) is 8.07. The number of rotatable bonds is 3. The van der Waals surface area contributed by atoms with Gasteiger partial charge < -0.3 is 10.1 Å². The lowest BCUT2D eigenvalue weighted by atomic mass is 10.2. The summed E-state index contributed by atoms with van der Waals surface area (Å²) in [6.07, 6.45) is 3.29. The first kappa shape index (κ1) is 10.3. The van der Waals surface area contributed by atoms with Crippen LogP contribution in [0, 0.1) is 0 Å². The number of carbonyl (C=O) groups is 1. The van der Waals surface area contributed by atoms with E-state index in [1.165, 1.54) is 7.05 Å². The van der Waals surface area contributed by atoms with Gasteiger partial charge in [-0.1, -0.05) is 36.4 Å². The van der Waals surface area contributed by atoms with Gasteiger partial charge in [0.2, 0.25) is 0 Å². The van der Waals surface area contributed by atoms with Crippen molar-refractivity contribution in [3.8, 4) is 0 Å². The van der Waals surface area contributed by atoms with Gasteiger partial charge in [-0.3, -0.25) is 0 Å². The predicted molar refractivity (Wildman–Crippen MR) is 55.9 cm³/mol. The highest BCUT2D eigenvalue weighted by Gasteiger charge is 1.92. The van der Waals surface area contributed by atoms with E-state index in [1.54, 1.807) is 6.08 Å². The Balaban J connectivity index is 2.31. The topological polar surface area (TPSA) is 38.3 Å². The van der Waals surface area contributed by atoms with Crippen LogP contribution in [-0.4, -0.2) is 19.7 Å². The first-order valence-corrected chi connectivity index (χ1v) is 4.39. The van der Waals surface area contributed by atoms with Gasteiger partial charge in [0.25, 0.3) is 0 Å². The highest BCUT2D eigenvalue weighted by atomic mass is 16.5. The Kier molecular flexibility index (Phi) is 4.27. The molecule has 0 saturated heterocycles. The fraction of sp³-hybridized carbons (Fsp3) is 0.182. The summed E-state index contributed by atoms with van der Waals surface area (Å²) in [4.78, 5) is 10.7. The Morgan fingerprint density at radius 3 is 2.79 bits per heavy atom. The lowest BCUT2D eigenvalue weighted by molar-refractivity contribution is 0.161. The van der Waals surface area contributed by atoms with Crippen LogP contribution in [0.15, 0.2) is 36.4 Å². The highest BCUT2D eigenvalue weighted by molar-refractivity contribution is 5.66. The summed E-state index contributed by atoms with van der Waals surface area (Å²) in [6, 6.07) is 9.84. The molecule has 3 heteroatoms. The summed E-state index contributed by atoms with van der Waals surface area (Å²) in [5.74, 6) is 0. The Morgan fingerprint density at radius 2 is 2.14 bits per heavy atom. The summed E-state index contributed by atoms with van der Waals surface area (Å²) in [5.41, 5.74) is 1.09. The molecular weight excluding hydrogens is 178 g/mol. The molecule has 0 unspecified atom stereocenters. The number of hydrogen-bond donors (Lipinski definition) is 1. The summed E-state index contributed by atoms with van der Waals surface area (Å²) in [5, 5.41) is 2.37. The minimum atomic E-state index is -0.414. The standard InChI is InChI=1S/C11H13NO2/c1-12-11(13)14-9-5-8-10-6-3-2-4-7-10/h2-8H,9H2,1H3,(H,12,13). The van der Waals surface area contributed by atoms with Gasteiger partial charge >= 0.3 is 6.09 Å². The van der Waals surface area contributed by atoms with E-state index < -0.39 is 6.09 Å². The van der Waals surface area contributed by atoms with Crippen LogP contribution in [0.4, 0.5) is 4.79 Å². The number of amides is 1. The maximum absolute atomic E-state index is 10.7. The second-order valence-corrected chi connectivity index (χ2v) is 2.66. The number of ether oxygens (including phenoxy) is 1. The van der Waals surface area contributed by atoms with E-state index in [0.29, 0.717) is 0 Å². The van der Waals surface area contributed by atoms with Gasteiger partial charge in [0, 0.05) is 7.05 Å². The van der Waals surface area contributed by atoms with Crippen LogP contribution in [-0.2, 0) is 4.74 Å². The van der Waals surface area contributed by atoms with Crippen molar-refractivity contribution in [2.75, 3.05) is 13.7 Å². The van der Waals surface area contributed by atoms with Gasteiger partial charge in [-0.05, 0) is 11.6 Å². The third kappa shape index (κ3) is 3.76. The SMILES string of the molecule is CNC(=O)OCC=Cc1ccccc1. The molecule has 0 atom stereocenters. The van der Waals surface area contributed by atoms with E-state index >= 15 is 0 Å². The summed E-state index contributed by atoms with van der Waals surface area (Å²) in [6.45, 7) is 0.286. The third-order valence-corrected chi connectivity index (χ3v) is 1.62. The third-order valence-electron chi connectivity index (χ3n) is 1.62. The molecule has 14 heavy (non-hydrogen) atoms. The number of alkyl carbamates (subject to hydrolysis) is 1. The number of carbonyl (C=O) groups excluding carboxylic acids is 1. The Morgan fingerprint density at radius 1 is 1.43 bits per heavy atom. The molecule has 0 aliphatic carbocycles. The normalized spacial score (nSPS) is 10.1. The van der Waals surface area contributed by atoms with Crippen LogP contribution in [0.25, 0.3) is 6.08 Å². The molecule has 1 N–H and O–H groups in total. The minimum absolute atomic E-state index is 0.286. The van der Waals surface area contributed by atoms with Crippen LogP contribution in [0.1, 0.15) is 5.56 Å². The second kappa shape index (κ2) is 5.80. The quantitative estimate of drug-likeness (QED) is 0.794. The molecule has 3 nitrogen and oxygen atoms in total. The molecule has 1 aromatic carbocycles. The van der Waals surface area contributed by atoms with Gasteiger partial charge in [-0.15, -0.1) is 0 Å². The first-order valence-electron chi connectivity index (χ1n) is 4.39. The van der Waals surface area contributed by atoms with Gasteiger partial charge in [-0.2, -0.15) is 0 Å². The van der Waals surface area contributed by atoms with E-state index in [-0.39, 0.29) is 6.61 Å². The maximum Gasteiger partial charge on any atom is 0.407 e. The average molecular weight is 191 g/mol. The van der Waals surface area contributed by atoms with Gasteiger partial charge in [0.15, 0.2) is 0 Å². The minimum Gasteiger partial charge on any atom is -0.445 e. The van der Waals surface area contributed by atoms with Crippen molar-refractivity contribution in [2.24, 2.45) is 0 Å². The molecule has 0 spiro atoms. The lowest BCUT2D eigenvalue weighted by Gasteiger charge is -1.98. The van der Waals surface area contributed by atoms with Crippen molar-refractivity contribution in [3.05, 3.63) is 42.0 Å². The largest absolute Gasteiger partial charge is 0.445 e. The van der Waals surface area contributed by atoms with Crippen molar-refractivity contribution in [2.45, 2.75) is 0 Å². The number of nitrogens with one attached hydrogen (secondary N) is 1. The van der Waals surface area contributed by atoms with Crippen LogP contribution < -0.4 is 5.32 Å². The molecule has 0 radical (unpaired) electrons. The second-order valence-electron chi connectivity index (χ2n) is 2.66. The van der Waals surface area contributed by atoms with Crippen molar-refractivity contribution >= 4 is 12.2 Å². The zero-order chi connectivity index (χ0) is 10.2. The molecule has 1 rings (SSSR count). The monoisotopic (exact) mass is 191 g/mol. The van der Waals surface area contributed by atoms with E-state index in [4.69, 9.17) is 4.74 Å². The molecule has 0 aliphatic rings. The van der Waals surface area contributed by atoms with E-state index in [9.17, 15) is 4.79 Å².